The fraction of sp³-hybridized carbons (Fsp3) is 0.333. The SMILES string of the molecule is COc1ccc(-c2nc3c(s2)CCCC3=O)cc1OC. The number of ether oxygens (including phenoxy) is 2. The van der Waals surface area contributed by atoms with Crippen LogP contribution in [-0.4, -0.2) is 25.0 Å². The van der Waals surface area contributed by atoms with Gasteiger partial charge in [-0.05, 0) is 31.0 Å². The quantitative estimate of drug-likeness (QED) is 0.869. The number of hydrogen-bond acceptors (Lipinski definition) is 5. The number of benzene rings is 1. The van der Waals surface area contributed by atoms with Crippen molar-refractivity contribution in [1.82, 2.24) is 4.98 Å². The molecule has 3 rings (SSSR count). The van der Waals surface area contributed by atoms with Gasteiger partial charge in [0.2, 0.25) is 0 Å². The number of aryl methyl sites for hydroxylation is 1. The number of thiazole rings is 1. The first kappa shape index (κ1) is 13.1. The zero-order valence-electron chi connectivity index (χ0n) is 11.4. The number of fused-ring (bicyclic) bond motifs is 1. The Bertz CT molecular complexity index is 663. The van der Waals surface area contributed by atoms with Gasteiger partial charge in [0, 0.05) is 16.9 Å². The lowest BCUT2D eigenvalue weighted by molar-refractivity contribution is 0.0968. The van der Waals surface area contributed by atoms with Gasteiger partial charge in [0.1, 0.15) is 10.7 Å². The highest BCUT2D eigenvalue weighted by Gasteiger charge is 2.23. The molecule has 1 aliphatic carbocycles. The van der Waals surface area contributed by atoms with Crippen LogP contribution in [0.15, 0.2) is 18.2 Å². The average Bonchev–Trinajstić information content (AvgIpc) is 2.92. The first-order chi connectivity index (χ1) is 9.72. The third-order valence-electron chi connectivity index (χ3n) is 3.40. The molecule has 104 valence electrons. The topological polar surface area (TPSA) is 48.4 Å². The monoisotopic (exact) mass is 289 g/mol. The minimum absolute atomic E-state index is 0.161. The molecule has 0 fully saturated rings. The highest BCUT2D eigenvalue weighted by atomic mass is 32.1. The summed E-state index contributed by atoms with van der Waals surface area (Å²) >= 11 is 1.60. The van der Waals surface area contributed by atoms with E-state index in [4.69, 9.17) is 9.47 Å². The molecule has 0 saturated carbocycles. The Kier molecular flexibility index (Phi) is 3.44. The lowest BCUT2D eigenvalue weighted by atomic mass is 10.0. The molecule has 5 heteroatoms. The summed E-state index contributed by atoms with van der Waals surface area (Å²) in [6.07, 6.45) is 2.49. The van der Waals surface area contributed by atoms with E-state index in [-0.39, 0.29) is 5.78 Å². The molecule has 1 aliphatic rings. The molecule has 1 aromatic heterocycles. The largest absolute Gasteiger partial charge is 0.493 e. The van der Waals surface area contributed by atoms with E-state index < -0.39 is 0 Å². The predicted molar refractivity (Wildman–Crippen MR) is 77.9 cm³/mol. The van der Waals surface area contributed by atoms with Crippen LogP contribution in [0.2, 0.25) is 0 Å². The first-order valence-corrected chi connectivity index (χ1v) is 7.30. The number of ketones is 1. The molecule has 0 bridgehead atoms. The lowest BCUT2D eigenvalue weighted by Gasteiger charge is -2.08. The Hall–Kier alpha value is -1.88. The number of carbonyl (C=O) groups excluding carboxylic acids is 1. The van der Waals surface area contributed by atoms with Crippen LogP contribution in [0.4, 0.5) is 0 Å². The van der Waals surface area contributed by atoms with Gasteiger partial charge in [-0.25, -0.2) is 4.98 Å². The standard InChI is InChI=1S/C15H15NO3S/c1-18-11-7-6-9(8-12(11)19-2)15-16-14-10(17)4-3-5-13(14)20-15/h6-8H,3-5H2,1-2H3. The van der Waals surface area contributed by atoms with Crippen molar-refractivity contribution in [2.75, 3.05) is 14.2 Å². The van der Waals surface area contributed by atoms with E-state index in [2.05, 4.69) is 4.98 Å². The number of nitrogens with zero attached hydrogens (tertiary/aromatic N) is 1. The molecule has 0 N–H and O–H groups in total. The van der Waals surface area contributed by atoms with Crippen molar-refractivity contribution in [2.24, 2.45) is 0 Å². The third kappa shape index (κ3) is 2.18. The maximum atomic E-state index is 11.9. The summed E-state index contributed by atoms with van der Waals surface area (Å²) in [6.45, 7) is 0. The number of rotatable bonds is 3. The van der Waals surface area contributed by atoms with E-state index in [0.717, 1.165) is 28.3 Å². The van der Waals surface area contributed by atoms with Gasteiger partial charge in [-0.2, -0.15) is 0 Å². The zero-order valence-corrected chi connectivity index (χ0v) is 12.3. The molecule has 0 radical (unpaired) electrons. The molecule has 2 aromatic rings. The first-order valence-electron chi connectivity index (χ1n) is 6.48. The number of carbonyl (C=O) groups is 1. The minimum Gasteiger partial charge on any atom is -0.493 e. The summed E-state index contributed by atoms with van der Waals surface area (Å²) in [6, 6.07) is 5.69. The van der Waals surface area contributed by atoms with Crippen molar-refractivity contribution >= 4 is 17.1 Å². The van der Waals surface area contributed by atoms with E-state index in [0.29, 0.717) is 23.6 Å². The van der Waals surface area contributed by atoms with Crippen LogP contribution >= 0.6 is 11.3 Å². The Morgan fingerprint density at radius 2 is 1.95 bits per heavy atom. The van der Waals surface area contributed by atoms with Crippen LogP contribution in [-0.2, 0) is 6.42 Å². The summed E-state index contributed by atoms with van der Waals surface area (Å²) in [5.74, 6) is 1.52. The molecule has 1 heterocycles. The highest BCUT2D eigenvalue weighted by Crippen LogP contribution is 2.36. The molecular weight excluding hydrogens is 274 g/mol. The Balaban J connectivity index is 2.03. The molecule has 0 aliphatic heterocycles. The van der Waals surface area contributed by atoms with Crippen LogP contribution in [0.5, 0.6) is 11.5 Å². The molecule has 4 nitrogen and oxygen atoms in total. The van der Waals surface area contributed by atoms with Crippen LogP contribution in [0.3, 0.4) is 0 Å². The molecule has 0 atom stereocenters. The second-order valence-electron chi connectivity index (χ2n) is 4.64. The van der Waals surface area contributed by atoms with Crippen molar-refractivity contribution in [2.45, 2.75) is 19.3 Å². The smallest absolute Gasteiger partial charge is 0.182 e. The maximum Gasteiger partial charge on any atom is 0.182 e. The predicted octanol–water partition coefficient (Wildman–Crippen LogP) is 3.35. The molecule has 20 heavy (non-hydrogen) atoms. The number of Topliss-reactive ketones (excluding diaryl/α,β-unsaturated/α-hetero) is 1. The third-order valence-corrected chi connectivity index (χ3v) is 4.56. The van der Waals surface area contributed by atoms with Gasteiger partial charge in [-0.1, -0.05) is 0 Å². The second-order valence-corrected chi connectivity index (χ2v) is 5.72. The summed E-state index contributed by atoms with van der Waals surface area (Å²) < 4.78 is 10.5. The van der Waals surface area contributed by atoms with Gasteiger partial charge in [0.15, 0.2) is 17.3 Å². The van der Waals surface area contributed by atoms with Gasteiger partial charge < -0.3 is 9.47 Å². The van der Waals surface area contributed by atoms with E-state index in [1.54, 1.807) is 25.6 Å². The van der Waals surface area contributed by atoms with Gasteiger partial charge >= 0.3 is 0 Å². The summed E-state index contributed by atoms with van der Waals surface area (Å²) in [5, 5.41) is 0.867. The number of aromatic nitrogens is 1. The maximum absolute atomic E-state index is 11.9. The second kappa shape index (κ2) is 5.25. The van der Waals surface area contributed by atoms with Crippen molar-refractivity contribution in [3.63, 3.8) is 0 Å². The van der Waals surface area contributed by atoms with Crippen molar-refractivity contribution in [3.8, 4) is 22.1 Å². The zero-order chi connectivity index (χ0) is 14.1. The van der Waals surface area contributed by atoms with E-state index in [9.17, 15) is 4.79 Å². The number of methoxy groups -OCH3 is 2. The van der Waals surface area contributed by atoms with E-state index in [1.165, 1.54) is 0 Å². The van der Waals surface area contributed by atoms with Crippen LogP contribution in [0.25, 0.3) is 10.6 Å². The van der Waals surface area contributed by atoms with Crippen molar-refractivity contribution in [1.29, 1.82) is 0 Å². The molecule has 1 aromatic carbocycles. The lowest BCUT2D eigenvalue weighted by Crippen LogP contribution is -2.08. The summed E-state index contributed by atoms with van der Waals surface area (Å²) in [7, 11) is 3.22. The Morgan fingerprint density at radius 3 is 2.65 bits per heavy atom. The van der Waals surface area contributed by atoms with E-state index in [1.807, 2.05) is 18.2 Å². The van der Waals surface area contributed by atoms with Crippen molar-refractivity contribution in [3.05, 3.63) is 28.8 Å². The average molecular weight is 289 g/mol. The van der Waals surface area contributed by atoms with Crippen LogP contribution in [0, 0.1) is 0 Å². The molecular formula is C15H15NO3S. The van der Waals surface area contributed by atoms with Gasteiger partial charge in [0.05, 0.1) is 14.2 Å². The van der Waals surface area contributed by atoms with Crippen LogP contribution in [0.1, 0.15) is 28.2 Å². The molecule has 0 saturated heterocycles. The Labute approximate surface area is 121 Å². The summed E-state index contributed by atoms with van der Waals surface area (Å²) in [5.41, 5.74) is 1.61. The van der Waals surface area contributed by atoms with Gasteiger partial charge in [-0.15, -0.1) is 11.3 Å². The van der Waals surface area contributed by atoms with Gasteiger partial charge in [-0.3, -0.25) is 4.79 Å². The van der Waals surface area contributed by atoms with Crippen LogP contribution < -0.4 is 9.47 Å². The van der Waals surface area contributed by atoms with Gasteiger partial charge in [0.25, 0.3) is 0 Å². The van der Waals surface area contributed by atoms with Crippen molar-refractivity contribution < 1.29 is 14.3 Å². The summed E-state index contributed by atoms with van der Waals surface area (Å²) in [4.78, 5) is 17.5. The normalized spacial score (nSPS) is 14.0. The number of hydrogen-bond donors (Lipinski definition) is 0. The fourth-order valence-electron chi connectivity index (χ4n) is 2.36. The molecule has 0 spiro atoms. The highest BCUT2D eigenvalue weighted by molar-refractivity contribution is 7.15. The molecule has 0 amide bonds. The fourth-order valence-corrected chi connectivity index (χ4v) is 3.48. The Morgan fingerprint density at radius 1 is 1.15 bits per heavy atom. The van der Waals surface area contributed by atoms with E-state index >= 15 is 0 Å². The molecule has 0 unspecified atom stereocenters. The minimum atomic E-state index is 0.161.